The molecule has 0 unspecified atom stereocenters. The van der Waals surface area contributed by atoms with Gasteiger partial charge in [0.15, 0.2) is 0 Å². The van der Waals surface area contributed by atoms with Crippen molar-refractivity contribution in [2.24, 2.45) is 0 Å². The zero-order valence-corrected chi connectivity index (χ0v) is 12.2. The molecule has 0 aromatic rings. The summed E-state index contributed by atoms with van der Waals surface area (Å²) in [6, 6.07) is 2.97. The SMILES string of the molecule is CC.CC.CN1CCC(NC2(C#N)CC2)CC1. The lowest BCUT2D eigenvalue weighted by Gasteiger charge is -2.30. The smallest absolute Gasteiger partial charge is 0.107 e. The van der Waals surface area contributed by atoms with Gasteiger partial charge < -0.3 is 4.90 Å². The first-order valence-corrected chi connectivity index (χ1v) is 7.12. The number of likely N-dealkylation sites (tertiary alicyclic amines) is 1. The lowest BCUT2D eigenvalue weighted by molar-refractivity contribution is 0.228. The van der Waals surface area contributed by atoms with Crippen LogP contribution in [-0.2, 0) is 0 Å². The van der Waals surface area contributed by atoms with Gasteiger partial charge in [0, 0.05) is 6.04 Å². The largest absolute Gasteiger partial charge is 0.306 e. The Morgan fingerprint density at radius 2 is 1.59 bits per heavy atom. The minimum Gasteiger partial charge on any atom is -0.306 e. The molecule has 3 nitrogen and oxygen atoms in total. The average Bonchev–Trinajstić information content (AvgIpc) is 3.18. The highest BCUT2D eigenvalue weighted by atomic mass is 15.1. The Morgan fingerprint density at radius 3 is 1.94 bits per heavy atom. The van der Waals surface area contributed by atoms with E-state index in [0.717, 1.165) is 12.8 Å². The summed E-state index contributed by atoms with van der Waals surface area (Å²) in [4.78, 5) is 2.35. The molecule has 100 valence electrons. The second-order valence-corrected chi connectivity index (χ2v) is 4.42. The molecule has 1 N–H and O–H groups in total. The molecule has 1 aliphatic heterocycles. The van der Waals surface area contributed by atoms with Crippen LogP contribution in [0.2, 0.25) is 0 Å². The summed E-state index contributed by atoms with van der Waals surface area (Å²) in [5, 5.41) is 12.4. The van der Waals surface area contributed by atoms with E-state index in [0.29, 0.717) is 6.04 Å². The molecule has 3 heteroatoms. The minimum atomic E-state index is -0.124. The molecular formula is C14H29N3. The van der Waals surface area contributed by atoms with Crippen molar-refractivity contribution >= 4 is 0 Å². The van der Waals surface area contributed by atoms with Crippen molar-refractivity contribution in [3.05, 3.63) is 0 Å². The fraction of sp³-hybridized carbons (Fsp3) is 0.929. The summed E-state index contributed by atoms with van der Waals surface area (Å²) in [5.74, 6) is 0. The molecule has 1 saturated heterocycles. The lowest BCUT2D eigenvalue weighted by atomic mass is 10.0. The van der Waals surface area contributed by atoms with Crippen LogP contribution in [0.4, 0.5) is 0 Å². The third-order valence-corrected chi connectivity index (χ3v) is 3.16. The van der Waals surface area contributed by atoms with E-state index < -0.39 is 0 Å². The van der Waals surface area contributed by atoms with E-state index in [1.54, 1.807) is 0 Å². The Kier molecular flexibility index (Phi) is 8.20. The topological polar surface area (TPSA) is 39.1 Å². The van der Waals surface area contributed by atoms with Crippen molar-refractivity contribution in [1.29, 1.82) is 5.26 Å². The Bertz CT molecular complexity index is 220. The van der Waals surface area contributed by atoms with Crippen LogP contribution in [0.1, 0.15) is 53.4 Å². The van der Waals surface area contributed by atoms with Gasteiger partial charge in [-0.1, -0.05) is 27.7 Å². The Labute approximate surface area is 107 Å². The highest BCUT2D eigenvalue weighted by molar-refractivity contribution is 5.19. The zero-order valence-electron chi connectivity index (χ0n) is 12.2. The van der Waals surface area contributed by atoms with Gasteiger partial charge in [-0.05, 0) is 45.8 Å². The van der Waals surface area contributed by atoms with Crippen molar-refractivity contribution in [1.82, 2.24) is 10.2 Å². The van der Waals surface area contributed by atoms with Crippen LogP contribution in [0.3, 0.4) is 0 Å². The van der Waals surface area contributed by atoms with Gasteiger partial charge >= 0.3 is 0 Å². The van der Waals surface area contributed by atoms with E-state index in [1.165, 1.54) is 25.9 Å². The first-order chi connectivity index (χ1) is 8.24. The number of nitrogens with zero attached hydrogens (tertiary/aromatic N) is 2. The van der Waals surface area contributed by atoms with Crippen molar-refractivity contribution < 1.29 is 0 Å². The van der Waals surface area contributed by atoms with Crippen LogP contribution in [0, 0.1) is 11.3 Å². The highest BCUT2D eigenvalue weighted by Gasteiger charge is 2.44. The van der Waals surface area contributed by atoms with Crippen molar-refractivity contribution in [2.45, 2.75) is 65.0 Å². The number of rotatable bonds is 2. The second-order valence-electron chi connectivity index (χ2n) is 4.42. The van der Waals surface area contributed by atoms with Gasteiger partial charge in [-0.15, -0.1) is 0 Å². The fourth-order valence-corrected chi connectivity index (χ4v) is 1.96. The van der Waals surface area contributed by atoms with Crippen LogP contribution in [0.25, 0.3) is 0 Å². The molecule has 0 aromatic heterocycles. The minimum absolute atomic E-state index is 0.124. The van der Waals surface area contributed by atoms with Crippen molar-refractivity contribution in [2.75, 3.05) is 20.1 Å². The first-order valence-electron chi connectivity index (χ1n) is 7.12. The molecule has 1 heterocycles. The number of nitriles is 1. The molecule has 0 bridgehead atoms. The van der Waals surface area contributed by atoms with Gasteiger partial charge in [-0.2, -0.15) is 5.26 Å². The van der Waals surface area contributed by atoms with Gasteiger partial charge in [0.05, 0.1) is 6.07 Å². The van der Waals surface area contributed by atoms with E-state index in [1.807, 2.05) is 27.7 Å². The molecule has 1 aliphatic carbocycles. The van der Waals surface area contributed by atoms with Crippen LogP contribution >= 0.6 is 0 Å². The van der Waals surface area contributed by atoms with Gasteiger partial charge in [-0.3, -0.25) is 5.32 Å². The summed E-state index contributed by atoms with van der Waals surface area (Å²) in [7, 11) is 2.16. The molecule has 2 aliphatic rings. The maximum Gasteiger partial charge on any atom is 0.107 e. The third kappa shape index (κ3) is 5.52. The molecular weight excluding hydrogens is 210 g/mol. The maximum atomic E-state index is 8.92. The number of hydrogen-bond donors (Lipinski definition) is 1. The fourth-order valence-electron chi connectivity index (χ4n) is 1.96. The van der Waals surface area contributed by atoms with E-state index >= 15 is 0 Å². The first kappa shape index (κ1) is 16.4. The number of hydrogen-bond acceptors (Lipinski definition) is 3. The number of nitrogens with one attached hydrogen (secondary N) is 1. The van der Waals surface area contributed by atoms with E-state index in [4.69, 9.17) is 5.26 Å². The second kappa shape index (κ2) is 8.49. The molecule has 0 radical (unpaired) electrons. The molecule has 2 rings (SSSR count). The molecule has 0 aromatic carbocycles. The normalized spacial score (nSPS) is 22.4. The third-order valence-electron chi connectivity index (χ3n) is 3.16. The van der Waals surface area contributed by atoms with Crippen LogP contribution in [-0.4, -0.2) is 36.6 Å². The summed E-state index contributed by atoms with van der Waals surface area (Å²) in [5.41, 5.74) is -0.124. The van der Waals surface area contributed by atoms with Crippen LogP contribution in [0.15, 0.2) is 0 Å². The van der Waals surface area contributed by atoms with Gasteiger partial charge in [-0.25, -0.2) is 0 Å². The van der Waals surface area contributed by atoms with E-state index in [-0.39, 0.29) is 5.54 Å². The van der Waals surface area contributed by atoms with Crippen molar-refractivity contribution in [3.63, 3.8) is 0 Å². The predicted molar refractivity (Wildman–Crippen MR) is 73.9 cm³/mol. The van der Waals surface area contributed by atoms with Gasteiger partial charge in [0.2, 0.25) is 0 Å². The summed E-state index contributed by atoms with van der Waals surface area (Å²) in [6.45, 7) is 10.3. The summed E-state index contributed by atoms with van der Waals surface area (Å²) >= 11 is 0. The maximum absolute atomic E-state index is 8.92. The molecule has 2 fully saturated rings. The van der Waals surface area contributed by atoms with E-state index in [9.17, 15) is 0 Å². The summed E-state index contributed by atoms with van der Waals surface area (Å²) < 4.78 is 0. The highest BCUT2D eigenvalue weighted by Crippen LogP contribution is 2.35. The molecule has 17 heavy (non-hydrogen) atoms. The van der Waals surface area contributed by atoms with Crippen LogP contribution in [0.5, 0.6) is 0 Å². The quantitative estimate of drug-likeness (QED) is 0.805. The summed E-state index contributed by atoms with van der Waals surface area (Å²) in [6.07, 6.45) is 4.49. The van der Waals surface area contributed by atoms with Crippen molar-refractivity contribution in [3.8, 4) is 6.07 Å². The standard InChI is InChI=1S/C10H17N3.2C2H6/c1-13-6-2-9(3-7-13)12-10(8-11)4-5-10;2*1-2/h9,12H,2-7H2,1H3;2*1-2H3. The van der Waals surface area contributed by atoms with E-state index in [2.05, 4.69) is 23.3 Å². The molecule has 0 spiro atoms. The number of piperidine rings is 1. The zero-order chi connectivity index (χ0) is 13.3. The van der Waals surface area contributed by atoms with Gasteiger partial charge in [0.25, 0.3) is 0 Å². The predicted octanol–water partition coefficient (Wildman–Crippen LogP) is 2.78. The average molecular weight is 239 g/mol. The van der Waals surface area contributed by atoms with Gasteiger partial charge in [0.1, 0.15) is 5.54 Å². The van der Waals surface area contributed by atoms with Crippen LogP contribution < -0.4 is 5.32 Å². The molecule has 0 amide bonds. The Hall–Kier alpha value is -0.590. The monoisotopic (exact) mass is 239 g/mol. The Morgan fingerprint density at radius 1 is 1.12 bits per heavy atom. The molecule has 0 atom stereocenters. The molecule has 1 saturated carbocycles. The Balaban J connectivity index is 0.000000581. The lowest BCUT2D eigenvalue weighted by Crippen LogP contribution is -2.45.